The summed E-state index contributed by atoms with van der Waals surface area (Å²) in [5.41, 5.74) is 0. The average molecular weight is 194 g/mol. The highest BCUT2D eigenvalue weighted by molar-refractivity contribution is 6.05. The topological polar surface area (TPSA) is 58.2 Å². The van der Waals surface area contributed by atoms with Crippen LogP contribution >= 0.6 is 0 Å². The van der Waals surface area contributed by atoms with Gasteiger partial charge in [0.05, 0.1) is 12.5 Å². The first-order valence-electron chi connectivity index (χ1n) is 4.74. The van der Waals surface area contributed by atoms with Crippen LogP contribution in [0.1, 0.15) is 25.7 Å². The van der Waals surface area contributed by atoms with E-state index in [0.29, 0.717) is 0 Å². The van der Waals surface area contributed by atoms with Crippen LogP contribution in [0.15, 0.2) is 0 Å². The second-order valence-corrected chi connectivity index (χ2v) is 3.28. The number of rotatable bonds is 5. The first-order chi connectivity index (χ1) is 6.74. The van der Waals surface area contributed by atoms with Gasteiger partial charge in [0.2, 0.25) is 11.8 Å². The second-order valence-electron chi connectivity index (χ2n) is 3.28. The summed E-state index contributed by atoms with van der Waals surface area (Å²) < 4.78 is 0. The van der Waals surface area contributed by atoms with Gasteiger partial charge in [-0.25, -0.2) is 0 Å². The van der Waals surface area contributed by atoms with E-state index in [2.05, 4.69) is 16.6 Å². The van der Waals surface area contributed by atoms with Crippen LogP contribution in [0.4, 0.5) is 0 Å². The molecule has 0 saturated carbocycles. The molecular formula is C10H14N2O2. The number of hydrogen-bond acceptors (Lipinski definition) is 3. The molecule has 76 valence electrons. The summed E-state index contributed by atoms with van der Waals surface area (Å²) in [6.45, 7) is 0.729. The van der Waals surface area contributed by atoms with Crippen LogP contribution < -0.4 is 10.6 Å². The van der Waals surface area contributed by atoms with Crippen molar-refractivity contribution in [3.8, 4) is 12.3 Å². The molecule has 0 aromatic rings. The van der Waals surface area contributed by atoms with E-state index in [1.807, 2.05) is 0 Å². The Labute approximate surface area is 83.4 Å². The number of carbonyl (C=O) groups excluding carboxylic acids is 2. The smallest absolute Gasteiger partial charge is 0.244 e. The van der Waals surface area contributed by atoms with Gasteiger partial charge in [-0.05, 0) is 19.4 Å². The summed E-state index contributed by atoms with van der Waals surface area (Å²) in [6.07, 6.45) is 8.00. The predicted octanol–water partition coefficient (Wildman–Crippen LogP) is -0.205. The Bertz CT molecular complexity index is 268. The van der Waals surface area contributed by atoms with Gasteiger partial charge in [0.25, 0.3) is 0 Å². The van der Waals surface area contributed by atoms with Crippen molar-refractivity contribution in [2.45, 2.75) is 31.7 Å². The van der Waals surface area contributed by atoms with Gasteiger partial charge in [-0.3, -0.25) is 14.9 Å². The molecule has 0 bridgehead atoms. The Hall–Kier alpha value is -1.34. The Kier molecular flexibility index (Phi) is 4.14. The first-order valence-corrected chi connectivity index (χ1v) is 4.74. The van der Waals surface area contributed by atoms with Gasteiger partial charge >= 0.3 is 0 Å². The Morgan fingerprint density at radius 3 is 2.86 bits per heavy atom. The van der Waals surface area contributed by atoms with Gasteiger partial charge in [-0.1, -0.05) is 0 Å². The largest absolute Gasteiger partial charge is 0.305 e. The summed E-state index contributed by atoms with van der Waals surface area (Å²) in [7, 11) is 0. The highest BCUT2D eigenvalue weighted by atomic mass is 16.2. The van der Waals surface area contributed by atoms with Crippen LogP contribution in [0.3, 0.4) is 0 Å². The molecule has 1 unspecified atom stereocenters. The van der Waals surface area contributed by atoms with Crippen LogP contribution in [0, 0.1) is 12.3 Å². The number of hydrogen-bond donors (Lipinski definition) is 2. The summed E-state index contributed by atoms with van der Waals surface area (Å²) in [4.78, 5) is 21.9. The SMILES string of the molecule is C#CCCCCNC1CC(=O)NC1=O. The zero-order chi connectivity index (χ0) is 10.4. The number of carbonyl (C=O) groups is 2. The molecule has 0 radical (unpaired) electrons. The molecule has 0 aromatic carbocycles. The Morgan fingerprint density at radius 2 is 2.29 bits per heavy atom. The van der Waals surface area contributed by atoms with E-state index in [1.165, 1.54) is 0 Å². The number of nitrogens with one attached hydrogen (secondary N) is 2. The fraction of sp³-hybridized carbons (Fsp3) is 0.600. The van der Waals surface area contributed by atoms with Gasteiger partial charge in [0.15, 0.2) is 0 Å². The van der Waals surface area contributed by atoms with Crippen molar-refractivity contribution in [2.75, 3.05) is 6.54 Å². The van der Waals surface area contributed by atoms with Crippen LogP contribution in [-0.2, 0) is 9.59 Å². The summed E-state index contributed by atoms with van der Waals surface area (Å²) in [5.74, 6) is 2.14. The van der Waals surface area contributed by atoms with E-state index in [9.17, 15) is 9.59 Å². The molecule has 1 atom stereocenters. The van der Waals surface area contributed by atoms with Crippen LogP contribution in [0.25, 0.3) is 0 Å². The van der Waals surface area contributed by atoms with Gasteiger partial charge in [-0.15, -0.1) is 12.3 Å². The maximum atomic E-state index is 11.1. The number of unbranched alkanes of at least 4 members (excludes halogenated alkanes) is 2. The molecule has 1 rings (SSSR count). The lowest BCUT2D eigenvalue weighted by atomic mass is 10.2. The molecule has 4 heteroatoms. The van der Waals surface area contributed by atoms with Crippen molar-refractivity contribution in [1.29, 1.82) is 0 Å². The third-order valence-electron chi connectivity index (χ3n) is 2.11. The molecular weight excluding hydrogens is 180 g/mol. The van der Waals surface area contributed by atoms with Gasteiger partial charge in [-0.2, -0.15) is 0 Å². The third-order valence-corrected chi connectivity index (χ3v) is 2.11. The standard InChI is InChI=1S/C10H14N2O2/c1-2-3-4-5-6-11-8-7-9(13)12-10(8)14/h1,8,11H,3-7H2,(H,12,13,14). The normalized spacial score (nSPS) is 20.6. The van der Waals surface area contributed by atoms with Gasteiger partial charge in [0.1, 0.15) is 0 Å². The van der Waals surface area contributed by atoms with E-state index in [0.717, 1.165) is 25.8 Å². The molecule has 0 aliphatic carbocycles. The Morgan fingerprint density at radius 1 is 1.50 bits per heavy atom. The van der Waals surface area contributed by atoms with E-state index in [4.69, 9.17) is 6.42 Å². The summed E-state index contributed by atoms with van der Waals surface area (Å²) >= 11 is 0. The zero-order valence-electron chi connectivity index (χ0n) is 8.01. The minimum absolute atomic E-state index is 0.198. The monoisotopic (exact) mass is 194 g/mol. The summed E-state index contributed by atoms with van der Waals surface area (Å²) in [5, 5.41) is 5.27. The molecule has 4 nitrogen and oxygen atoms in total. The van der Waals surface area contributed by atoms with Crippen molar-refractivity contribution >= 4 is 11.8 Å². The quantitative estimate of drug-likeness (QED) is 0.362. The van der Waals surface area contributed by atoms with Crippen molar-refractivity contribution in [2.24, 2.45) is 0 Å². The molecule has 1 saturated heterocycles. The molecule has 1 aliphatic rings. The highest BCUT2D eigenvalue weighted by Gasteiger charge is 2.29. The molecule has 0 aromatic heterocycles. The number of imide groups is 1. The maximum absolute atomic E-state index is 11.1. The first kappa shape index (κ1) is 10.7. The highest BCUT2D eigenvalue weighted by Crippen LogP contribution is 2.01. The lowest BCUT2D eigenvalue weighted by molar-refractivity contribution is -0.125. The van der Waals surface area contributed by atoms with E-state index >= 15 is 0 Å². The van der Waals surface area contributed by atoms with Crippen molar-refractivity contribution < 1.29 is 9.59 Å². The Balaban J connectivity index is 2.10. The van der Waals surface area contributed by atoms with Gasteiger partial charge in [0, 0.05) is 6.42 Å². The summed E-state index contributed by atoms with van der Waals surface area (Å²) in [6, 6.07) is -0.340. The molecule has 2 amide bonds. The molecule has 1 fully saturated rings. The predicted molar refractivity (Wildman–Crippen MR) is 52.2 cm³/mol. The van der Waals surface area contributed by atoms with Crippen molar-refractivity contribution in [3.05, 3.63) is 0 Å². The molecule has 1 aliphatic heterocycles. The maximum Gasteiger partial charge on any atom is 0.244 e. The minimum atomic E-state index is -0.340. The molecule has 1 heterocycles. The zero-order valence-corrected chi connectivity index (χ0v) is 8.01. The molecule has 2 N–H and O–H groups in total. The number of terminal acetylenes is 1. The third kappa shape index (κ3) is 3.19. The molecule has 14 heavy (non-hydrogen) atoms. The van der Waals surface area contributed by atoms with E-state index in [-0.39, 0.29) is 24.3 Å². The lowest BCUT2D eigenvalue weighted by Crippen LogP contribution is -2.36. The fourth-order valence-corrected chi connectivity index (χ4v) is 1.35. The van der Waals surface area contributed by atoms with E-state index in [1.54, 1.807) is 0 Å². The number of amides is 2. The van der Waals surface area contributed by atoms with Crippen molar-refractivity contribution in [1.82, 2.24) is 10.6 Å². The van der Waals surface area contributed by atoms with Crippen LogP contribution in [0.5, 0.6) is 0 Å². The van der Waals surface area contributed by atoms with Crippen LogP contribution in [-0.4, -0.2) is 24.4 Å². The van der Waals surface area contributed by atoms with Crippen molar-refractivity contribution in [3.63, 3.8) is 0 Å². The van der Waals surface area contributed by atoms with Gasteiger partial charge < -0.3 is 5.32 Å². The lowest BCUT2D eigenvalue weighted by Gasteiger charge is -2.07. The minimum Gasteiger partial charge on any atom is -0.305 e. The molecule has 0 spiro atoms. The second kappa shape index (κ2) is 5.40. The average Bonchev–Trinajstić information content (AvgIpc) is 2.45. The van der Waals surface area contributed by atoms with E-state index < -0.39 is 0 Å². The van der Waals surface area contributed by atoms with Crippen LogP contribution in [0.2, 0.25) is 0 Å². The fourth-order valence-electron chi connectivity index (χ4n) is 1.35.